The highest BCUT2D eigenvalue weighted by Crippen LogP contribution is 2.31. The fourth-order valence-corrected chi connectivity index (χ4v) is 4.20. The molecule has 118 valence electrons. The van der Waals surface area contributed by atoms with Crippen LogP contribution in [0.25, 0.3) is 0 Å². The molecule has 1 unspecified atom stereocenters. The number of halogens is 2. The van der Waals surface area contributed by atoms with Gasteiger partial charge in [0.15, 0.2) is 0 Å². The molecule has 0 bridgehead atoms. The van der Waals surface area contributed by atoms with Gasteiger partial charge in [-0.3, -0.25) is 0 Å². The molecule has 1 heterocycles. The first kappa shape index (κ1) is 17.0. The summed E-state index contributed by atoms with van der Waals surface area (Å²) in [6, 6.07) is 2.98. The molecule has 2 rings (SSSR count). The van der Waals surface area contributed by atoms with Crippen LogP contribution >= 0.6 is 23.2 Å². The van der Waals surface area contributed by atoms with Gasteiger partial charge >= 0.3 is 0 Å². The molecular weight excluding hydrogens is 335 g/mol. The predicted molar refractivity (Wildman–Crippen MR) is 83.3 cm³/mol. The van der Waals surface area contributed by atoms with Crippen LogP contribution in [-0.4, -0.2) is 35.2 Å². The molecule has 0 aliphatic carbocycles. The molecule has 1 aromatic carbocycles. The van der Waals surface area contributed by atoms with E-state index in [1.807, 2.05) is 0 Å². The van der Waals surface area contributed by atoms with Crippen molar-refractivity contribution in [2.45, 2.75) is 17.9 Å². The van der Waals surface area contributed by atoms with Gasteiger partial charge < -0.3 is 10.1 Å². The van der Waals surface area contributed by atoms with Gasteiger partial charge in [-0.05, 0) is 31.5 Å². The van der Waals surface area contributed by atoms with E-state index in [0.29, 0.717) is 36.9 Å². The first-order chi connectivity index (χ1) is 9.95. The maximum absolute atomic E-state index is 12.4. The van der Waals surface area contributed by atoms with E-state index in [1.54, 1.807) is 13.1 Å². The predicted octanol–water partition coefficient (Wildman–Crippen LogP) is 2.03. The maximum Gasteiger partial charge on any atom is 0.242 e. The van der Waals surface area contributed by atoms with E-state index in [9.17, 15) is 8.42 Å². The number of hydrogen-bond donors (Lipinski definition) is 2. The second-order valence-corrected chi connectivity index (χ2v) is 7.47. The van der Waals surface area contributed by atoms with Crippen LogP contribution in [0.5, 0.6) is 0 Å². The summed E-state index contributed by atoms with van der Waals surface area (Å²) in [6.07, 6.45) is 0.863. The van der Waals surface area contributed by atoms with Gasteiger partial charge in [0.25, 0.3) is 0 Å². The third kappa shape index (κ3) is 4.09. The lowest BCUT2D eigenvalue weighted by Crippen LogP contribution is -2.30. The molecule has 1 aliphatic heterocycles. The molecule has 0 spiro atoms. The first-order valence-electron chi connectivity index (χ1n) is 6.64. The van der Waals surface area contributed by atoms with E-state index in [-0.39, 0.29) is 15.8 Å². The highest BCUT2D eigenvalue weighted by Gasteiger charge is 2.24. The van der Waals surface area contributed by atoms with Crippen LogP contribution in [0.3, 0.4) is 0 Å². The van der Waals surface area contributed by atoms with E-state index >= 15 is 0 Å². The van der Waals surface area contributed by atoms with Gasteiger partial charge in [-0.15, -0.1) is 0 Å². The Kier molecular flexibility index (Phi) is 5.88. The molecular formula is C13H18Cl2N2O3S. The Balaban J connectivity index is 2.20. The Hall–Kier alpha value is -0.370. The van der Waals surface area contributed by atoms with Crippen molar-refractivity contribution in [3.05, 3.63) is 27.7 Å². The molecule has 2 N–H and O–H groups in total. The van der Waals surface area contributed by atoms with Crippen LogP contribution in [0.2, 0.25) is 10.0 Å². The quantitative estimate of drug-likeness (QED) is 0.821. The summed E-state index contributed by atoms with van der Waals surface area (Å²) in [5.41, 5.74) is 0.577. The molecule has 1 aliphatic rings. The van der Waals surface area contributed by atoms with E-state index in [1.165, 1.54) is 6.07 Å². The summed E-state index contributed by atoms with van der Waals surface area (Å²) in [6.45, 7) is 2.02. The Morgan fingerprint density at radius 2 is 2.14 bits per heavy atom. The van der Waals surface area contributed by atoms with E-state index in [2.05, 4.69) is 10.0 Å². The van der Waals surface area contributed by atoms with Crippen LogP contribution < -0.4 is 10.0 Å². The topological polar surface area (TPSA) is 67.4 Å². The number of rotatable bonds is 6. The Bertz CT molecular complexity index is 602. The number of nitrogens with one attached hydrogen (secondary N) is 2. The van der Waals surface area contributed by atoms with Crippen LogP contribution in [-0.2, 0) is 21.3 Å². The van der Waals surface area contributed by atoms with Crippen LogP contribution in [0.1, 0.15) is 12.0 Å². The SMILES string of the molecule is CNCc1c(Cl)ccc(S(=O)(=O)NCC2CCOC2)c1Cl. The summed E-state index contributed by atoms with van der Waals surface area (Å²) in [5, 5.41) is 3.52. The highest BCUT2D eigenvalue weighted by molar-refractivity contribution is 7.89. The lowest BCUT2D eigenvalue weighted by atomic mass is 10.1. The van der Waals surface area contributed by atoms with Crippen molar-refractivity contribution in [3.8, 4) is 0 Å². The first-order valence-corrected chi connectivity index (χ1v) is 8.88. The van der Waals surface area contributed by atoms with Crippen molar-refractivity contribution in [1.82, 2.24) is 10.0 Å². The molecule has 1 aromatic rings. The fraction of sp³-hybridized carbons (Fsp3) is 0.538. The highest BCUT2D eigenvalue weighted by atomic mass is 35.5. The summed E-state index contributed by atoms with van der Waals surface area (Å²) in [4.78, 5) is 0.0535. The third-order valence-electron chi connectivity index (χ3n) is 3.38. The zero-order valence-corrected chi connectivity index (χ0v) is 14.0. The van der Waals surface area contributed by atoms with Crippen molar-refractivity contribution in [1.29, 1.82) is 0 Å². The number of ether oxygens (including phenoxy) is 1. The molecule has 0 aromatic heterocycles. The Morgan fingerprint density at radius 3 is 2.76 bits per heavy atom. The fourth-order valence-electron chi connectivity index (χ4n) is 2.17. The molecule has 1 saturated heterocycles. The summed E-state index contributed by atoms with van der Waals surface area (Å²) >= 11 is 12.3. The smallest absolute Gasteiger partial charge is 0.242 e. The molecule has 0 saturated carbocycles. The van der Waals surface area contributed by atoms with Gasteiger partial charge in [0.1, 0.15) is 4.90 Å². The summed E-state index contributed by atoms with van der Waals surface area (Å²) < 4.78 is 32.6. The minimum atomic E-state index is -3.66. The normalized spacial score (nSPS) is 19.1. The van der Waals surface area contributed by atoms with E-state index in [0.717, 1.165) is 6.42 Å². The average molecular weight is 353 g/mol. The van der Waals surface area contributed by atoms with Gasteiger partial charge in [0, 0.05) is 30.3 Å². The Labute approximate surface area is 135 Å². The molecule has 8 heteroatoms. The van der Waals surface area contributed by atoms with Crippen molar-refractivity contribution in [2.75, 3.05) is 26.8 Å². The lowest BCUT2D eigenvalue weighted by molar-refractivity contribution is 0.186. The number of hydrogen-bond acceptors (Lipinski definition) is 4. The summed E-state index contributed by atoms with van der Waals surface area (Å²) in [5.74, 6) is 0.211. The molecule has 21 heavy (non-hydrogen) atoms. The van der Waals surface area contributed by atoms with Crippen molar-refractivity contribution in [3.63, 3.8) is 0 Å². The Morgan fingerprint density at radius 1 is 1.38 bits per heavy atom. The van der Waals surface area contributed by atoms with Gasteiger partial charge in [-0.2, -0.15) is 0 Å². The van der Waals surface area contributed by atoms with Gasteiger partial charge in [0.2, 0.25) is 10.0 Å². The van der Waals surface area contributed by atoms with Crippen LogP contribution in [0.15, 0.2) is 17.0 Å². The van der Waals surface area contributed by atoms with Crippen molar-refractivity contribution >= 4 is 33.2 Å². The second-order valence-electron chi connectivity index (χ2n) is 4.95. The van der Waals surface area contributed by atoms with Gasteiger partial charge in [-0.25, -0.2) is 13.1 Å². The van der Waals surface area contributed by atoms with Crippen LogP contribution in [0, 0.1) is 5.92 Å². The van der Waals surface area contributed by atoms with E-state index < -0.39 is 10.0 Å². The second kappa shape index (κ2) is 7.26. The third-order valence-corrected chi connectivity index (χ3v) is 5.74. The monoisotopic (exact) mass is 352 g/mol. The lowest BCUT2D eigenvalue weighted by Gasteiger charge is -2.14. The maximum atomic E-state index is 12.4. The standard InChI is InChI=1S/C13H18Cl2N2O3S/c1-16-7-10-11(14)2-3-12(13(10)15)21(18,19)17-6-9-4-5-20-8-9/h2-3,9,16-17H,4-8H2,1H3. The van der Waals surface area contributed by atoms with E-state index in [4.69, 9.17) is 27.9 Å². The summed E-state index contributed by atoms with van der Waals surface area (Å²) in [7, 11) is -1.92. The largest absolute Gasteiger partial charge is 0.381 e. The number of sulfonamides is 1. The minimum absolute atomic E-state index is 0.0535. The minimum Gasteiger partial charge on any atom is -0.381 e. The zero-order chi connectivity index (χ0) is 15.5. The van der Waals surface area contributed by atoms with Gasteiger partial charge in [0.05, 0.1) is 11.6 Å². The molecule has 5 nitrogen and oxygen atoms in total. The molecule has 0 amide bonds. The van der Waals surface area contributed by atoms with Crippen molar-refractivity contribution < 1.29 is 13.2 Å². The van der Waals surface area contributed by atoms with Crippen LogP contribution in [0.4, 0.5) is 0 Å². The molecule has 1 fully saturated rings. The molecule has 1 atom stereocenters. The zero-order valence-electron chi connectivity index (χ0n) is 11.7. The number of benzene rings is 1. The average Bonchev–Trinajstić information content (AvgIpc) is 2.94. The van der Waals surface area contributed by atoms with Gasteiger partial charge in [-0.1, -0.05) is 23.2 Å². The molecule has 0 radical (unpaired) electrons. The van der Waals surface area contributed by atoms with Crippen molar-refractivity contribution in [2.24, 2.45) is 5.92 Å².